The lowest BCUT2D eigenvalue weighted by Gasteiger charge is -2.12. The molecule has 0 spiro atoms. The summed E-state index contributed by atoms with van der Waals surface area (Å²) in [6, 6.07) is 5.11. The Balaban J connectivity index is 2.01. The summed E-state index contributed by atoms with van der Waals surface area (Å²) in [4.78, 5) is 12.0. The molecular formula is C12H14BrClN2O2. The van der Waals surface area contributed by atoms with Crippen LogP contribution in [0.2, 0.25) is 5.02 Å². The van der Waals surface area contributed by atoms with Crippen molar-refractivity contribution in [2.45, 2.75) is 18.6 Å². The largest absolute Gasteiger partial charge is 0.380 e. The Morgan fingerprint density at radius 2 is 2.39 bits per heavy atom. The third-order valence-corrected chi connectivity index (χ3v) is 3.75. The number of carbonyl (C=O) groups is 1. The van der Waals surface area contributed by atoms with Crippen LogP contribution >= 0.6 is 27.5 Å². The minimum atomic E-state index is -0.231. The van der Waals surface area contributed by atoms with Crippen LogP contribution in [0.15, 0.2) is 22.7 Å². The molecule has 1 fully saturated rings. The first-order chi connectivity index (χ1) is 8.60. The van der Waals surface area contributed by atoms with Crippen LogP contribution in [-0.2, 0) is 9.53 Å². The summed E-state index contributed by atoms with van der Waals surface area (Å²) in [6.07, 6.45) is 0.771. The first-order valence-corrected chi connectivity index (χ1v) is 6.79. The second-order valence-corrected chi connectivity index (χ2v) is 5.49. The van der Waals surface area contributed by atoms with Gasteiger partial charge in [0.2, 0.25) is 5.91 Å². The third-order valence-electron chi connectivity index (χ3n) is 2.93. The molecule has 2 atom stereocenters. The van der Waals surface area contributed by atoms with Crippen LogP contribution < -0.4 is 10.6 Å². The van der Waals surface area contributed by atoms with Crippen molar-refractivity contribution in [2.24, 2.45) is 0 Å². The lowest BCUT2D eigenvalue weighted by molar-refractivity contribution is -0.118. The van der Waals surface area contributed by atoms with Crippen LogP contribution in [0.1, 0.15) is 6.42 Å². The third kappa shape index (κ3) is 3.23. The van der Waals surface area contributed by atoms with Gasteiger partial charge in [0.05, 0.1) is 22.9 Å². The van der Waals surface area contributed by atoms with Crippen LogP contribution in [0.4, 0.5) is 5.69 Å². The molecule has 98 valence electrons. The molecule has 6 heteroatoms. The molecule has 1 aromatic carbocycles. The van der Waals surface area contributed by atoms with E-state index in [1.165, 1.54) is 0 Å². The van der Waals surface area contributed by atoms with Crippen molar-refractivity contribution in [1.82, 2.24) is 5.32 Å². The minimum absolute atomic E-state index is 0.0884. The summed E-state index contributed by atoms with van der Waals surface area (Å²) in [5, 5.41) is 6.46. The van der Waals surface area contributed by atoms with E-state index in [1.54, 1.807) is 19.2 Å². The van der Waals surface area contributed by atoms with E-state index < -0.39 is 0 Å². The Morgan fingerprint density at radius 1 is 1.61 bits per heavy atom. The highest BCUT2D eigenvalue weighted by molar-refractivity contribution is 9.10. The number of methoxy groups -OCH3 is 1. The zero-order valence-corrected chi connectivity index (χ0v) is 12.2. The smallest absolute Gasteiger partial charge is 0.241 e. The molecule has 1 saturated heterocycles. The van der Waals surface area contributed by atoms with Crippen LogP contribution in [0.3, 0.4) is 0 Å². The first-order valence-electron chi connectivity index (χ1n) is 5.62. The molecule has 0 radical (unpaired) electrons. The van der Waals surface area contributed by atoms with Gasteiger partial charge in [-0.2, -0.15) is 0 Å². The lowest BCUT2D eigenvalue weighted by atomic mass is 10.2. The van der Waals surface area contributed by atoms with Crippen LogP contribution in [0, 0.1) is 0 Å². The summed E-state index contributed by atoms with van der Waals surface area (Å²) in [5.41, 5.74) is 0.610. The van der Waals surface area contributed by atoms with Gasteiger partial charge in [-0.25, -0.2) is 0 Å². The molecule has 1 aliphatic rings. The summed E-state index contributed by atoms with van der Waals surface area (Å²) in [6.45, 7) is 0.695. The van der Waals surface area contributed by atoms with E-state index in [-0.39, 0.29) is 18.1 Å². The Labute approximate surface area is 119 Å². The van der Waals surface area contributed by atoms with Crippen molar-refractivity contribution in [1.29, 1.82) is 0 Å². The van der Waals surface area contributed by atoms with Crippen molar-refractivity contribution in [3.05, 3.63) is 27.7 Å². The normalized spacial score (nSPS) is 23.1. The maximum Gasteiger partial charge on any atom is 0.241 e. The fourth-order valence-corrected chi connectivity index (χ4v) is 2.42. The SMILES string of the molecule is COC1CNC(C(=O)Nc2cc(Br)ccc2Cl)C1. The lowest BCUT2D eigenvalue weighted by Crippen LogP contribution is -2.35. The number of anilines is 1. The van der Waals surface area contributed by atoms with E-state index in [4.69, 9.17) is 16.3 Å². The van der Waals surface area contributed by atoms with Gasteiger partial charge in [0.15, 0.2) is 0 Å². The highest BCUT2D eigenvalue weighted by atomic mass is 79.9. The molecule has 0 aliphatic carbocycles. The van der Waals surface area contributed by atoms with Crippen molar-refractivity contribution in [3.63, 3.8) is 0 Å². The number of rotatable bonds is 3. The minimum Gasteiger partial charge on any atom is -0.380 e. The second-order valence-electron chi connectivity index (χ2n) is 4.17. The molecule has 1 amide bonds. The number of ether oxygens (including phenoxy) is 1. The summed E-state index contributed by atoms with van der Waals surface area (Å²) >= 11 is 9.37. The van der Waals surface area contributed by atoms with E-state index in [1.807, 2.05) is 6.07 Å². The topological polar surface area (TPSA) is 50.4 Å². The van der Waals surface area contributed by atoms with Gasteiger partial charge in [-0.05, 0) is 24.6 Å². The highest BCUT2D eigenvalue weighted by Crippen LogP contribution is 2.26. The van der Waals surface area contributed by atoms with E-state index >= 15 is 0 Å². The van der Waals surface area contributed by atoms with Crippen LogP contribution in [-0.4, -0.2) is 31.7 Å². The van der Waals surface area contributed by atoms with Crippen LogP contribution in [0.25, 0.3) is 0 Å². The molecule has 2 rings (SSSR count). The highest BCUT2D eigenvalue weighted by Gasteiger charge is 2.29. The first kappa shape index (κ1) is 13.8. The van der Waals surface area contributed by atoms with Gasteiger partial charge in [0, 0.05) is 18.1 Å². The molecule has 18 heavy (non-hydrogen) atoms. The second kappa shape index (κ2) is 6.02. The fraction of sp³-hybridized carbons (Fsp3) is 0.417. The van der Waals surface area contributed by atoms with Gasteiger partial charge in [0.1, 0.15) is 0 Å². The van der Waals surface area contributed by atoms with Gasteiger partial charge in [-0.15, -0.1) is 0 Å². The summed E-state index contributed by atoms with van der Waals surface area (Å²) < 4.78 is 6.08. The molecule has 0 bridgehead atoms. The molecule has 1 aromatic rings. The van der Waals surface area contributed by atoms with E-state index in [0.717, 1.165) is 4.47 Å². The Bertz CT molecular complexity index is 456. The zero-order valence-electron chi connectivity index (χ0n) is 9.87. The number of amides is 1. The van der Waals surface area contributed by atoms with Gasteiger partial charge < -0.3 is 15.4 Å². The standard InChI is InChI=1S/C12H14BrClN2O2/c1-18-8-5-11(15-6-8)12(17)16-10-4-7(13)2-3-9(10)14/h2-4,8,11,15H,5-6H2,1H3,(H,16,17). The number of nitrogens with one attached hydrogen (secondary N) is 2. The zero-order chi connectivity index (χ0) is 13.1. The van der Waals surface area contributed by atoms with E-state index in [9.17, 15) is 4.79 Å². The molecule has 2 N–H and O–H groups in total. The van der Waals surface area contributed by atoms with Crippen molar-refractivity contribution in [2.75, 3.05) is 19.0 Å². The van der Waals surface area contributed by atoms with Crippen molar-refractivity contribution < 1.29 is 9.53 Å². The fourth-order valence-electron chi connectivity index (χ4n) is 1.90. The Morgan fingerprint density at radius 3 is 3.06 bits per heavy atom. The van der Waals surface area contributed by atoms with Crippen molar-refractivity contribution in [3.8, 4) is 0 Å². The van der Waals surface area contributed by atoms with Gasteiger partial charge in [-0.3, -0.25) is 4.79 Å². The van der Waals surface area contributed by atoms with Gasteiger partial charge in [0.25, 0.3) is 0 Å². The number of hydrogen-bond acceptors (Lipinski definition) is 3. The van der Waals surface area contributed by atoms with E-state index in [0.29, 0.717) is 23.7 Å². The molecule has 0 saturated carbocycles. The van der Waals surface area contributed by atoms with Gasteiger partial charge in [-0.1, -0.05) is 27.5 Å². The average Bonchev–Trinajstić information content (AvgIpc) is 2.82. The molecule has 1 aliphatic heterocycles. The number of benzene rings is 1. The summed E-state index contributed by atoms with van der Waals surface area (Å²) in [5.74, 6) is -0.0884. The Hall–Kier alpha value is -0.620. The predicted molar refractivity (Wildman–Crippen MR) is 75.0 cm³/mol. The monoisotopic (exact) mass is 332 g/mol. The van der Waals surface area contributed by atoms with E-state index in [2.05, 4.69) is 26.6 Å². The molecule has 1 heterocycles. The maximum absolute atomic E-state index is 12.0. The maximum atomic E-state index is 12.0. The number of hydrogen-bond donors (Lipinski definition) is 2. The molecule has 2 unspecified atom stereocenters. The number of halogens is 2. The number of carbonyl (C=O) groups excluding carboxylic acids is 1. The summed E-state index contributed by atoms with van der Waals surface area (Å²) in [7, 11) is 1.65. The quantitative estimate of drug-likeness (QED) is 0.893. The molecule has 0 aromatic heterocycles. The molecular weight excluding hydrogens is 320 g/mol. The van der Waals surface area contributed by atoms with Gasteiger partial charge >= 0.3 is 0 Å². The predicted octanol–water partition coefficient (Wildman–Crippen LogP) is 2.42. The Kier molecular flexibility index (Phi) is 4.61. The van der Waals surface area contributed by atoms with Crippen LogP contribution in [0.5, 0.6) is 0 Å². The average molecular weight is 334 g/mol. The molecule has 4 nitrogen and oxygen atoms in total. The van der Waals surface area contributed by atoms with Crippen molar-refractivity contribution >= 4 is 39.1 Å².